The minimum Gasteiger partial charge on any atom is -0.333 e. The van der Waals surface area contributed by atoms with Crippen molar-refractivity contribution in [3.05, 3.63) is 69.6 Å². The van der Waals surface area contributed by atoms with Gasteiger partial charge in [-0.1, -0.05) is 24.3 Å². The molecule has 0 spiro atoms. The van der Waals surface area contributed by atoms with Crippen molar-refractivity contribution in [1.82, 2.24) is 9.88 Å². The van der Waals surface area contributed by atoms with Crippen LogP contribution in [-0.2, 0) is 6.54 Å². The van der Waals surface area contributed by atoms with Gasteiger partial charge >= 0.3 is 0 Å². The number of hydrogen-bond acceptors (Lipinski definition) is 3. The zero-order valence-corrected chi connectivity index (χ0v) is 11.7. The molecule has 1 aromatic heterocycles. The topological polar surface area (TPSA) is 77.0 Å². The van der Waals surface area contributed by atoms with Crippen LogP contribution in [-0.4, -0.2) is 22.3 Å². The average Bonchev–Trinajstić information content (AvgIpc) is 2.52. The summed E-state index contributed by atoms with van der Waals surface area (Å²) in [7, 11) is 0. The normalized spacial score (nSPS) is 9.90. The summed E-state index contributed by atoms with van der Waals surface area (Å²) >= 11 is 0. The van der Waals surface area contributed by atoms with Crippen LogP contribution < -0.4 is 5.56 Å². The molecule has 0 saturated carbocycles. The second kappa shape index (κ2) is 6.53. The smallest absolute Gasteiger partial charge is 0.270 e. The van der Waals surface area contributed by atoms with E-state index in [4.69, 9.17) is 5.26 Å². The second-order valence-electron chi connectivity index (χ2n) is 4.52. The third-order valence-electron chi connectivity index (χ3n) is 3.17. The molecule has 5 nitrogen and oxygen atoms in total. The van der Waals surface area contributed by atoms with E-state index in [0.29, 0.717) is 18.7 Å². The first-order valence-electron chi connectivity index (χ1n) is 6.62. The predicted octanol–water partition coefficient (Wildman–Crippen LogP) is 1.91. The summed E-state index contributed by atoms with van der Waals surface area (Å²) in [6, 6.07) is 13.8. The van der Waals surface area contributed by atoms with Gasteiger partial charge in [-0.05, 0) is 24.6 Å². The average molecular weight is 281 g/mol. The highest BCUT2D eigenvalue weighted by Gasteiger charge is 2.16. The fourth-order valence-corrected chi connectivity index (χ4v) is 2.04. The molecule has 0 aliphatic carbocycles. The quantitative estimate of drug-likeness (QED) is 0.930. The number of aromatic amines is 1. The van der Waals surface area contributed by atoms with E-state index < -0.39 is 0 Å². The zero-order chi connectivity index (χ0) is 15.2. The third kappa shape index (κ3) is 3.37. The third-order valence-corrected chi connectivity index (χ3v) is 3.17. The largest absolute Gasteiger partial charge is 0.333 e. The molecule has 0 aliphatic rings. The summed E-state index contributed by atoms with van der Waals surface area (Å²) in [5, 5.41) is 9.10. The summed E-state index contributed by atoms with van der Waals surface area (Å²) in [4.78, 5) is 27.8. The van der Waals surface area contributed by atoms with Crippen molar-refractivity contribution in [3.8, 4) is 6.07 Å². The number of aromatic nitrogens is 1. The number of pyridine rings is 1. The molecule has 0 atom stereocenters. The van der Waals surface area contributed by atoms with Crippen LogP contribution in [0.25, 0.3) is 0 Å². The number of nitrogens with one attached hydrogen (secondary N) is 1. The molecule has 0 unspecified atom stereocenters. The molecule has 21 heavy (non-hydrogen) atoms. The molecule has 0 radical (unpaired) electrons. The van der Waals surface area contributed by atoms with Gasteiger partial charge in [0.05, 0.1) is 11.6 Å². The molecular weight excluding hydrogens is 266 g/mol. The SMILES string of the molecule is CCN(Cc1ccccc1C#N)C(=O)c1cccc(=O)[nH]1. The van der Waals surface area contributed by atoms with Crippen LogP contribution in [0.3, 0.4) is 0 Å². The Morgan fingerprint density at radius 2 is 2.00 bits per heavy atom. The van der Waals surface area contributed by atoms with Crippen molar-refractivity contribution in [1.29, 1.82) is 5.26 Å². The van der Waals surface area contributed by atoms with Crippen LogP contribution in [0.15, 0.2) is 47.3 Å². The van der Waals surface area contributed by atoms with Gasteiger partial charge in [-0.3, -0.25) is 9.59 Å². The van der Waals surface area contributed by atoms with Gasteiger partial charge in [0.25, 0.3) is 5.91 Å². The van der Waals surface area contributed by atoms with Gasteiger partial charge in [-0.15, -0.1) is 0 Å². The van der Waals surface area contributed by atoms with E-state index >= 15 is 0 Å². The first-order valence-corrected chi connectivity index (χ1v) is 6.62. The Kier molecular flexibility index (Phi) is 4.52. The van der Waals surface area contributed by atoms with Gasteiger partial charge in [0, 0.05) is 19.2 Å². The second-order valence-corrected chi connectivity index (χ2v) is 4.52. The molecule has 1 amide bonds. The Bertz CT molecular complexity index is 743. The molecule has 0 fully saturated rings. The number of carbonyl (C=O) groups is 1. The predicted molar refractivity (Wildman–Crippen MR) is 78.6 cm³/mol. The van der Waals surface area contributed by atoms with Crippen LogP contribution in [0.2, 0.25) is 0 Å². The number of benzene rings is 1. The molecule has 2 rings (SSSR count). The van der Waals surface area contributed by atoms with Crippen LogP contribution in [0.4, 0.5) is 0 Å². The highest BCUT2D eigenvalue weighted by molar-refractivity contribution is 5.92. The summed E-state index contributed by atoms with van der Waals surface area (Å²) in [5.74, 6) is -0.261. The first kappa shape index (κ1) is 14.5. The maximum Gasteiger partial charge on any atom is 0.270 e. The minimum absolute atomic E-state index is 0.249. The Labute approximate surface area is 122 Å². The highest BCUT2D eigenvalue weighted by Crippen LogP contribution is 2.12. The lowest BCUT2D eigenvalue weighted by Crippen LogP contribution is -2.32. The summed E-state index contributed by atoms with van der Waals surface area (Å²) in [5.41, 5.74) is 1.27. The molecular formula is C16H15N3O2. The molecule has 106 valence electrons. The van der Waals surface area contributed by atoms with Crippen LogP contribution in [0, 0.1) is 11.3 Å². The molecule has 0 aliphatic heterocycles. The van der Waals surface area contributed by atoms with Gasteiger partial charge in [-0.2, -0.15) is 5.26 Å². The molecule has 2 aromatic rings. The van der Waals surface area contributed by atoms with E-state index in [1.807, 2.05) is 19.1 Å². The van der Waals surface area contributed by atoms with Crippen molar-refractivity contribution in [2.45, 2.75) is 13.5 Å². The van der Waals surface area contributed by atoms with Crippen molar-refractivity contribution in [2.24, 2.45) is 0 Å². The fraction of sp³-hybridized carbons (Fsp3) is 0.188. The van der Waals surface area contributed by atoms with Gasteiger partial charge in [-0.25, -0.2) is 0 Å². The van der Waals surface area contributed by atoms with Crippen LogP contribution >= 0.6 is 0 Å². The fourth-order valence-electron chi connectivity index (χ4n) is 2.04. The molecule has 0 bridgehead atoms. The van der Waals surface area contributed by atoms with Gasteiger partial charge in [0.15, 0.2) is 0 Å². The van der Waals surface area contributed by atoms with Crippen molar-refractivity contribution in [3.63, 3.8) is 0 Å². The molecule has 5 heteroatoms. The molecule has 0 saturated heterocycles. The number of H-pyrrole nitrogens is 1. The molecule has 1 heterocycles. The number of amides is 1. The summed E-state index contributed by atoms with van der Waals surface area (Å²) in [6.07, 6.45) is 0. The van der Waals surface area contributed by atoms with E-state index in [1.54, 1.807) is 29.2 Å². The summed E-state index contributed by atoms with van der Waals surface area (Å²) in [6.45, 7) is 2.67. The monoisotopic (exact) mass is 281 g/mol. The maximum absolute atomic E-state index is 12.4. The van der Waals surface area contributed by atoms with Crippen molar-refractivity contribution < 1.29 is 4.79 Å². The van der Waals surface area contributed by atoms with Gasteiger partial charge < -0.3 is 9.88 Å². The number of carbonyl (C=O) groups excluding carboxylic acids is 1. The lowest BCUT2D eigenvalue weighted by Gasteiger charge is -2.21. The number of rotatable bonds is 4. The minimum atomic E-state index is -0.311. The van der Waals surface area contributed by atoms with Gasteiger partial charge in [0.1, 0.15) is 5.69 Å². The lowest BCUT2D eigenvalue weighted by molar-refractivity contribution is 0.0746. The van der Waals surface area contributed by atoms with E-state index in [-0.39, 0.29) is 17.2 Å². The van der Waals surface area contributed by atoms with Crippen LogP contribution in [0.5, 0.6) is 0 Å². The van der Waals surface area contributed by atoms with Gasteiger partial charge in [0.2, 0.25) is 5.56 Å². The van der Waals surface area contributed by atoms with E-state index in [1.165, 1.54) is 6.07 Å². The molecule has 1 aromatic carbocycles. The van der Waals surface area contributed by atoms with Crippen molar-refractivity contribution in [2.75, 3.05) is 6.54 Å². The Balaban J connectivity index is 2.26. The summed E-state index contributed by atoms with van der Waals surface area (Å²) < 4.78 is 0. The maximum atomic E-state index is 12.4. The Morgan fingerprint density at radius 3 is 2.67 bits per heavy atom. The Hall–Kier alpha value is -2.87. The number of nitriles is 1. The lowest BCUT2D eigenvalue weighted by atomic mass is 10.1. The molecule has 1 N–H and O–H groups in total. The van der Waals surface area contributed by atoms with Crippen molar-refractivity contribution >= 4 is 5.91 Å². The standard InChI is InChI=1S/C16H15N3O2/c1-2-19(11-13-7-4-3-6-12(13)10-17)16(21)14-8-5-9-15(20)18-14/h3-9H,2,11H2,1H3,(H,18,20). The number of nitrogens with zero attached hydrogens (tertiary/aromatic N) is 2. The highest BCUT2D eigenvalue weighted by atomic mass is 16.2. The zero-order valence-electron chi connectivity index (χ0n) is 11.7. The van der Waals surface area contributed by atoms with E-state index in [9.17, 15) is 9.59 Å². The van der Waals surface area contributed by atoms with E-state index in [2.05, 4.69) is 11.1 Å². The van der Waals surface area contributed by atoms with Crippen LogP contribution in [0.1, 0.15) is 28.5 Å². The Morgan fingerprint density at radius 1 is 1.24 bits per heavy atom. The number of hydrogen-bond donors (Lipinski definition) is 1. The van der Waals surface area contributed by atoms with E-state index in [0.717, 1.165) is 5.56 Å². The first-order chi connectivity index (χ1) is 10.2.